The molecule has 6 heteroatoms. The first-order valence-electron chi connectivity index (χ1n) is 10.9. The molecule has 5 rings (SSSR count). The van der Waals surface area contributed by atoms with Gasteiger partial charge in [0.15, 0.2) is 5.76 Å². The molecule has 1 fully saturated rings. The van der Waals surface area contributed by atoms with Crippen molar-refractivity contribution in [2.24, 2.45) is 0 Å². The monoisotopic (exact) mass is 405 g/mol. The van der Waals surface area contributed by atoms with Gasteiger partial charge in [0.05, 0.1) is 6.26 Å². The summed E-state index contributed by atoms with van der Waals surface area (Å²) in [6, 6.07) is 7.88. The molecule has 0 atom stereocenters. The van der Waals surface area contributed by atoms with Gasteiger partial charge in [-0.1, -0.05) is 0 Å². The fraction of sp³-hybridized carbons (Fsp3) is 0.417. The molecule has 30 heavy (non-hydrogen) atoms. The van der Waals surface area contributed by atoms with Crippen molar-refractivity contribution in [3.8, 4) is 0 Å². The van der Waals surface area contributed by atoms with Crippen molar-refractivity contribution >= 4 is 22.7 Å². The lowest BCUT2D eigenvalue weighted by Crippen LogP contribution is -2.46. The Morgan fingerprint density at radius 1 is 1.13 bits per heavy atom. The summed E-state index contributed by atoms with van der Waals surface area (Å²) in [6.07, 6.45) is 7.67. The second-order valence-electron chi connectivity index (χ2n) is 8.52. The van der Waals surface area contributed by atoms with Crippen molar-refractivity contribution in [1.82, 2.24) is 15.2 Å². The summed E-state index contributed by atoms with van der Waals surface area (Å²) in [7, 11) is 0. The van der Waals surface area contributed by atoms with Gasteiger partial charge in [-0.05, 0) is 75.3 Å². The third kappa shape index (κ3) is 3.40. The number of benzene rings is 1. The van der Waals surface area contributed by atoms with Crippen molar-refractivity contribution < 1.29 is 14.0 Å². The van der Waals surface area contributed by atoms with Crippen LogP contribution in [0.5, 0.6) is 0 Å². The molecule has 2 N–H and O–H groups in total. The highest BCUT2D eigenvalue weighted by atomic mass is 16.3. The molecule has 0 bridgehead atoms. The van der Waals surface area contributed by atoms with E-state index in [1.165, 1.54) is 35.7 Å². The van der Waals surface area contributed by atoms with E-state index in [4.69, 9.17) is 4.42 Å². The Morgan fingerprint density at radius 2 is 1.93 bits per heavy atom. The maximum atomic E-state index is 13.1. The normalized spacial score (nSPS) is 17.2. The van der Waals surface area contributed by atoms with Crippen molar-refractivity contribution in [1.29, 1.82) is 0 Å². The number of nitrogens with one attached hydrogen (secondary N) is 2. The molecule has 1 aliphatic heterocycles. The molecular weight excluding hydrogens is 378 g/mol. The molecule has 0 saturated carbocycles. The molecule has 3 aromatic rings. The van der Waals surface area contributed by atoms with Crippen LogP contribution in [0.25, 0.3) is 10.9 Å². The van der Waals surface area contributed by atoms with Gasteiger partial charge in [0.1, 0.15) is 0 Å². The minimum Gasteiger partial charge on any atom is -0.459 e. The fourth-order valence-corrected chi connectivity index (χ4v) is 4.80. The van der Waals surface area contributed by atoms with Crippen LogP contribution in [-0.4, -0.2) is 40.8 Å². The minimum absolute atomic E-state index is 0.0604. The lowest BCUT2D eigenvalue weighted by Gasteiger charge is -2.32. The predicted molar refractivity (Wildman–Crippen MR) is 115 cm³/mol. The molecule has 1 aliphatic carbocycles. The number of nitrogens with zero attached hydrogens (tertiary/aromatic N) is 1. The van der Waals surface area contributed by atoms with E-state index in [-0.39, 0.29) is 17.9 Å². The summed E-state index contributed by atoms with van der Waals surface area (Å²) in [6.45, 7) is 3.15. The highest BCUT2D eigenvalue weighted by Gasteiger charge is 2.26. The number of aromatic nitrogens is 1. The van der Waals surface area contributed by atoms with E-state index in [2.05, 4.69) is 16.4 Å². The zero-order chi connectivity index (χ0) is 20.7. The van der Waals surface area contributed by atoms with Gasteiger partial charge in [0.2, 0.25) is 0 Å². The maximum Gasteiger partial charge on any atom is 0.287 e. The van der Waals surface area contributed by atoms with Crippen LogP contribution in [-0.2, 0) is 12.8 Å². The number of hydrogen-bond acceptors (Lipinski definition) is 3. The number of furan rings is 1. The number of piperidine rings is 1. The summed E-state index contributed by atoms with van der Waals surface area (Å²) in [4.78, 5) is 30.9. The average molecular weight is 405 g/mol. The molecule has 2 aliphatic rings. The smallest absolute Gasteiger partial charge is 0.287 e. The van der Waals surface area contributed by atoms with Gasteiger partial charge in [-0.25, -0.2) is 0 Å². The Labute approximate surface area is 175 Å². The lowest BCUT2D eigenvalue weighted by atomic mass is 9.95. The highest BCUT2D eigenvalue weighted by Crippen LogP contribution is 2.30. The number of carbonyl (C=O) groups excluding carboxylic acids is 2. The van der Waals surface area contributed by atoms with Crippen molar-refractivity contribution in [2.45, 2.75) is 51.5 Å². The van der Waals surface area contributed by atoms with Crippen molar-refractivity contribution in [3.05, 3.63) is 58.7 Å². The molecule has 2 aromatic heterocycles. The van der Waals surface area contributed by atoms with E-state index in [9.17, 15) is 9.59 Å². The van der Waals surface area contributed by atoms with E-state index in [1.807, 2.05) is 24.0 Å². The third-order valence-corrected chi connectivity index (χ3v) is 6.53. The second kappa shape index (κ2) is 7.67. The number of fused-ring (bicyclic) bond motifs is 3. The second-order valence-corrected chi connectivity index (χ2v) is 8.52. The van der Waals surface area contributed by atoms with Crippen LogP contribution in [0.3, 0.4) is 0 Å². The number of likely N-dealkylation sites (tertiary alicyclic amines) is 1. The van der Waals surface area contributed by atoms with Crippen LogP contribution in [0.15, 0.2) is 34.9 Å². The Balaban J connectivity index is 1.24. The molecule has 0 unspecified atom stereocenters. The van der Waals surface area contributed by atoms with Crippen LogP contribution >= 0.6 is 0 Å². The van der Waals surface area contributed by atoms with E-state index < -0.39 is 0 Å². The first kappa shape index (κ1) is 19.0. The van der Waals surface area contributed by atoms with Gasteiger partial charge in [0.25, 0.3) is 11.8 Å². The standard InChI is InChI=1S/C24H27N3O3/c1-15-10-13-30-22(15)23(28)25-17-8-11-27(12-9-17)24(29)16-6-7-21-19(14-16)18-4-2-3-5-20(18)26-21/h6-7,10,13-14,17,26H,2-5,8-9,11-12H2,1H3,(H,25,28). The van der Waals surface area contributed by atoms with Crippen molar-refractivity contribution in [2.75, 3.05) is 13.1 Å². The molecule has 0 radical (unpaired) electrons. The maximum absolute atomic E-state index is 13.1. The number of aryl methyl sites for hydroxylation is 3. The zero-order valence-electron chi connectivity index (χ0n) is 17.3. The SMILES string of the molecule is Cc1ccoc1C(=O)NC1CCN(C(=O)c2ccc3[nH]c4c(c3c2)CCCC4)CC1. The predicted octanol–water partition coefficient (Wildman–Crippen LogP) is 3.98. The Morgan fingerprint density at radius 3 is 2.70 bits per heavy atom. The van der Waals surface area contributed by atoms with Gasteiger partial charge in [-0.15, -0.1) is 0 Å². The first-order valence-corrected chi connectivity index (χ1v) is 10.9. The first-order chi connectivity index (χ1) is 14.6. The number of H-pyrrole nitrogens is 1. The van der Waals surface area contributed by atoms with Gasteiger partial charge < -0.3 is 19.6 Å². The van der Waals surface area contributed by atoms with Gasteiger partial charge in [-0.3, -0.25) is 9.59 Å². The minimum atomic E-state index is -0.176. The average Bonchev–Trinajstić information content (AvgIpc) is 3.36. The third-order valence-electron chi connectivity index (χ3n) is 6.53. The largest absolute Gasteiger partial charge is 0.459 e. The molecule has 1 saturated heterocycles. The molecule has 156 valence electrons. The molecule has 6 nitrogen and oxygen atoms in total. The van der Waals surface area contributed by atoms with Gasteiger partial charge in [-0.2, -0.15) is 0 Å². The molecule has 2 amide bonds. The lowest BCUT2D eigenvalue weighted by molar-refractivity contribution is 0.0696. The van der Waals surface area contributed by atoms with Gasteiger partial charge in [0, 0.05) is 46.9 Å². The number of aromatic amines is 1. The molecule has 1 aromatic carbocycles. The van der Waals surface area contributed by atoms with Crippen LogP contribution in [0.4, 0.5) is 0 Å². The van der Waals surface area contributed by atoms with Gasteiger partial charge >= 0.3 is 0 Å². The van der Waals surface area contributed by atoms with E-state index >= 15 is 0 Å². The van der Waals surface area contributed by atoms with Crippen LogP contribution < -0.4 is 5.32 Å². The topological polar surface area (TPSA) is 78.3 Å². The van der Waals surface area contributed by atoms with Crippen LogP contribution in [0.2, 0.25) is 0 Å². The summed E-state index contributed by atoms with van der Waals surface area (Å²) >= 11 is 0. The Kier molecular flexibility index (Phi) is 4.85. The molecule has 0 spiro atoms. The number of rotatable bonds is 3. The number of amides is 2. The van der Waals surface area contributed by atoms with Crippen LogP contribution in [0.1, 0.15) is 63.4 Å². The Bertz CT molecular complexity index is 1100. The summed E-state index contributed by atoms with van der Waals surface area (Å²) in [5.41, 5.74) is 5.45. The van der Waals surface area contributed by atoms with E-state index in [0.29, 0.717) is 18.8 Å². The zero-order valence-corrected chi connectivity index (χ0v) is 17.3. The quantitative estimate of drug-likeness (QED) is 0.692. The number of carbonyl (C=O) groups is 2. The summed E-state index contributed by atoms with van der Waals surface area (Å²) in [5.74, 6) is 0.274. The summed E-state index contributed by atoms with van der Waals surface area (Å²) < 4.78 is 5.27. The molecule has 3 heterocycles. The Hall–Kier alpha value is -3.02. The number of hydrogen-bond donors (Lipinski definition) is 2. The van der Waals surface area contributed by atoms with E-state index in [1.54, 1.807) is 6.07 Å². The van der Waals surface area contributed by atoms with Crippen LogP contribution in [0, 0.1) is 6.92 Å². The van der Waals surface area contributed by atoms with Crippen molar-refractivity contribution in [3.63, 3.8) is 0 Å². The van der Waals surface area contributed by atoms with E-state index in [0.717, 1.165) is 42.3 Å². The highest BCUT2D eigenvalue weighted by molar-refractivity contribution is 5.99. The molecular formula is C24H27N3O3. The summed E-state index contributed by atoms with van der Waals surface area (Å²) in [5, 5.41) is 4.24. The fourth-order valence-electron chi connectivity index (χ4n) is 4.80.